The average molecular weight is 291 g/mol. The molecule has 0 spiro atoms. The van der Waals surface area contributed by atoms with Crippen LogP contribution in [0, 0.1) is 0 Å². The first-order valence-electron chi connectivity index (χ1n) is 6.10. The highest BCUT2D eigenvalue weighted by Crippen LogP contribution is 2.21. The molecule has 0 aliphatic carbocycles. The van der Waals surface area contributed by atoms with Gasteiger partial charge in [0.2, 0.25) is 0 Å². The van der Waals surface area contributed by atoms with Gasteiger partial charge in [-0.25, -0.2) is 4.79 Å². The Bertz CT molecular complexity index is 908. The number of fused-ring (bicyclic) bond motifs is 3. The van der Waals surface area contributed by atoms with Crippen LogP contribution >= 0.6 is 11.6 Å². The smallest absolute Gasteiger partial charge is 0.337 e. The second kappa shape index (κ2) is 4.38. The SMILES string of the molecule is CCn1c(=O)c2cc(C(=O)O)cn2c2cc(Cl)ccc21. The van der Waals surface area contributed by atoms with E-state index in [-0.39, 0.29) is 11.1 Å². The van der Waals surface area contributed by atoms with Crippen LogP contribution in [0.5, 0.6) is 0 Å². The summed E-state index contributed by atoms with van der Waals surface area (Å²) >= 11 is 6.01. The lowest BCUT2D eigenvalue weighted by Crippen LogP contribution is -2.21. The lowest BCUT2D eigenvalue weighted by atomic mass is 10.2. The number of benzene rings is 1. The molecule has 0 atom stereocenters. The molecule has 2 heterocycles. The van der Waals surface area contributed by atoms with Crippen molar-refractivity contribution in [2.75, 3.05) is 0 Å². The first kappa shape index (κ1) is 12.7. The van der Waals surface area contributed by atoms with Crippen LogP contribution in [0.15, 0.2) is 35.3 Å². The Balaban J connectivity index is 2.59. The van der Waals surface area contributed by atoms with Gasteiger partial charge in [0.1, 0.15) is 5.52 Å². The molecule has 0 amide bonds. The summed E-state index contributed by atoms with van der Waals surface area (Å²) in [5.41, 5.74) is 1.63. The molecule has 0 saturated carbocycles. The molecular formula is C14H11ClN2O3. The molecule has 0 unspecified atom stereocenters. The van der Waals surface area contributed by atoms with E-state index in [0.29, 0.717) is 22.6 Å². The van der Waals surface area contributed by atoms with Gasteiger partial charge >= 0.3 is 5.97 Å². The predicted molar refractivity (Wildman–Crippen MR) is 76.8 cm³/mol. The quantitative estimate of drug-likeness (QED) is 0.789. The fraction of sp³-hybridized carbons (Fsp3) is 0.143. The Morgan fingerprint density at radius 2 is 2.00 bits per heavy atom. The van der Waals surface area contributed by atoms with Crippen LogP contribution in [0.4, 0.5) is 0 Å². The zero-order valence-electron chi connectivity index (χ0n) is 10.6. The molecule has 2 aromatic heterocycles. The summed E-state index contributed by atoms with van der Waals surface area (Å²) in [6.07, 6.45) is 1.44. The maximum absolute atomic E-state index is 12.4. The molecule has 0 aliphatic heterocycles. The number of aromatic nitrogens is 2. The molecule has 1 aromatic carbocycles. The topological polar surface area (TPSA) is 63.7 Å². The molecule has 1 N–H and O–H groups in total. The van der Waals surface area contributed by atoms with Crippen molar-refractivity contribution >= 4 is 34.1 Å². The standard InChI is InChI=1S/C14H11ClN2O3/c1-2-16-10-4-3-9(15)6-11(10)17-7-8(14(19)20)5-12(17)13(16)18/h3-7H,2H2,1H3,(H,19,20). The normalized spacial score (nSPS) is 11.3. The zero-order chi connectivity index (χ0) is 14.4. The van der Waals surface area contributed by atoms with Gasteiger partial charge in [0.25, 0.3) is 5.56 Å². The lowest BCUT2D eigenvalue weighted by molar-refractivity contribution is 0.0697. The van der Waals surface area contributed by atoms with Crippen molar-refractivity contribution in [1.29, 1.82) is 0 Å². The van der Waals surface area contributed by atoms with Crippen molar-refractivity contribution in [3.05, 3.63) is 51.4 Å². The van der Waals surface area contributed by atoms with Crippen LogP contribution in [0.3, 0.4) is 0 Å². The van der Waals surface area contributed by atoms with Crippen LogP contribution in [0.1, 0.15) is 17.3 Å². The van der Waals surface area contributed by atoms with Crippen LogP contribution in [-0.4, -0.2) is 20.0 Å². The molecule has 3 aromatic rings. The van der Waals surface area contributed by atoms with Crippen LogP contribution in [0.25, 0.3) is 16.6 Å². The first-order chi connectivity index (χ1) is 9.52. The van der Waals surface area contributed by atoms with E-state index in [1.54, 1.807) is 27.2 Å². The molecule has 0 fully saturated rings. The third kappa shape index (κ3) is 1.71. The minimum atomic E-state index is -1.06. The number of halogens is 1. The van der Waals surface area contributed by atoms with E-state index in [2.05, 4.69) is 0 Å². The summed E-state index contributed by atoms with van der Waals surface area (Å²) < 4.78 is 3.19. The summed E-state index contributed by atoms with van der Waals surface area (Å²) in [5, 5.41) is 9.61. The van der Waals surface area contributed by atoms with Crippen molar-refractivity contribution in [2.24, 2.45) is 0 Å². The van der Waals surface area contributed by atoms with Gasteiger partial charge in [-0.1, -0.05) is 11.6 Å². The zero-order valence-corrected chi connectivity index (χ0v) is 11.4. The molecule has 3 rings (SSSR count). The van der Waals surface area contributed by atoms with Crippen molar-refractivity contribution in [2.45, 2.75) is 13.5 Å². The highest BCUT2D eigenvalue weighted by molar-refractivity contribution is 6.31. The summed E-state index contributed by atoms with van der Waals surface area (Å²) in [6.45, 7) is 2.37. The van der Waals surface area contributed by atoms with Gasteiger partial charge in [0, 0.05) is 17.8 Å². The van der Waals surface area contributed by atoms with E-state index in [0.717, 1.165) is 5.52 Å². The molecule has 0 aliphatic rings. The van der Waals surface area contributed by atoms with Crippen molar-refractivity contribution in [1.82, 2.24) is 8.97 Å². The van der Waals surface area contributed by atoms with Gasteiger partial charge in [0.05, 0.1) is 16.6 Å². The highest BCUT2D eigenvalue weighted by Gasteiger charge is 2.14. The molecule has 0 radical (unpaired) electrons. The molecule has 20 heavy (non-hydrogen) atoms. The number of hydrogen-bond acceptors (Lipinski definition) is 2. The summed E-state index contributed by atoms with van der Waals surface area (Å²) in [6, 6.07) is 6.59. The van der Waals surface area contributed by atoms with E-state index in [1.807, 2.05) is 6.92 Å². The Morgan fingerprint density at radius 1 is 1.25 bits per heavy atom. The third-order valence-electron chi connectivity index (χ3n) is 3.34. The van der Waals surface area contributed by atoms with Crippen LogP contribution in [-0.2, 0) is 6.54 Å². The number of carboxylic acids is 1. The fourth-order valence-electron chi connectivity index (χ4n) is 2.42. The Hall–Kier alpha value is -2.27. The van der Waals surface area contributed by atoms with E-state index < -0.39 is 5.97 Å². The van der Waals surface area contributed by atoms with E-state index in [1.165, 1.54) is 12.3 Å². The lowest BCUT2D eigenvalue weighted by Gasteiger charge is -2.10. The molecule has 6 heteroatoms. The van der Waals surface area contributed by atoms with E-state index in [9.17, 15) is 9.59 Å². The first-order valence-corrected chi connectivity index (χ1v) is 6.48. The predicted octanol–water partition coefficient (Wildman–Crippen LogP) is 2.63. The molecule has 102 valence electrons. The van der Waals surface area contributed by atoms with Crippen molar-refractivity contribution in [3.8, 4) is 0 Å². The van der Waals surface area contributed by atoms with Gasteiger partial charge in [-0.3, -0.25) is 4.79 Å². The van der Waals surface area contributed by atoms with E-state index >= 15 is 0 Å². The van der Waals surface area contributed by atoms with Gasteiger partial charge in [-0.05, 0) is 31.2 Å². The Kier molecular flexibility index (Phi) is 2.79. The second-order valence-corrected chi connectivity index (χ2v) is 4.91. The Morgan fingerprint density at radius 3 is 2.65 bits per heavy atom. The largest absolute Gasteiger partial charge is 0.478 e. The number of carboxylic acid groups (broad SMARTS) is 1. The average Bonchev–Trinajstić information content (AvgIpc) is 2.86. The maximum Gasteiger partial charge on any atom is 0.337 e. The number of nitrogens with zero attached hydrogens (tertiary/aromatic N) is 2. The molecule has 5 nitrogen and oxygen atoms in total. The number of rotatable bonds is 2. The molecule has 0 bridgehead atoms. The van der Waals surface area contributed by atoms with Gasteiger partial charge < -0.3 is 14.1 Å². The summed E-state index contributed by atoms with van der Waals surface area (Å²) in [5.74, 6) is -1.06. The van der Waals surface area contributed by atoms with Crippen molar-refractivity contribution in [3.63, 3.8) is 0 Å². The fourth-order valence-corrected chi connectivity index (χ4v) is 2.59. The maximum atomic E-state index is 12.4. The minimum absolute atomic E-state index is 0.0808. The minimum Gasteiger partial charge on any atom is -0.478 e. The Labute approximate surface area is 118 Å². The van der Waals surface area contributed by atoms with Crippen LogP contribution in [0.2, 0.25) is 5.02 Å². The molecular weight excluding hydrogens is 280 g/mol. The van der Waals surface area contributed by atoms with Crippen LogP contribution < -0.4 is 5.56 Å². The number of aromatic carboxylic acids is 1. The number of carbonyl (C=O) groups is 1. The van der Waals surface area contributed by atoms with Gasteiger partial charge in [-0.15, -0.1) is 0 Å². The third-order valence-corrected chi connectivity index (χ3v) is 3.57. The highest BCUT2D eigenvalue weighted by atomic mass is 35.5. The molecule has 0 saturated heterocycles. The number of aryl methyl sites for hydroxylation is 1. The summed E-state index contributed by atoms with van der Waals surface area (Å²) in [4.78, 5) is 23.5. The van der Waals surface area contributed by atoms with E-state index in [4.69, 9.17) is 16.7 Å². The van der Waals surface area contributed by atoms with Gasteiger partial charge in [-0.2, -0.15) is 0 Å². The van der Waals surface area contributed by atoms with Gasteiger partial charge in [0.15, 0.2) is 0 Å². The van der Waals surface area contributed by atoms with Crippen molar-refractivity contribution < 1.29 is 9.90 Å². The number of hydrogen-bond donors (Lipinski definition) is 1. The second-order valence-electron chi connectivity index (χ2n) is 4.47. The monoisotopic (exact) mass is 290 g/mol. The summed E-state index contributed by atoms with van der Waals surface area (Å²) in [7, 11) is 0.